The van der Waals surface area contributed by atoms with Crippen molar-refractivity contribution in [3.63, 3.8) is 0 Å². The maximum absolute atomic E-state index is 11.0. The number of carbonyl (C=O) groups is 2. The van der Waals surface area contributed by atoms with E-state index in [2.05, 4.69) is 0 Å². The van der Waals surface area contributed by atoms with Gasteiger partial charge < -0.3 is 10.8 Å². The average Bonchev–Trinajstić information content (AvgIpc) is 2.86. The predicted molar refractivity (Wildman–Crippen MR) is 44.8 cm³/mol. The van der Waals surface area contributed by atoms with Crippen molar-refractivity contribution in [3.8, 4) is 0 Å². The molecule has 0 aromatic heterocycles. The van der Waals surface area contributed by atoms with Crippen molar-refractivity contribution in [1.82, 2.24) is 0 Å². The van der Waals surface area contributed by atoms with Crippen LogP contribution in [0, 0.1) is 10.8 Å². The van der Waals surface area contributed by atoms with Crippen LogP contribution in [0.1, 0.15) is 32.1 Å². The van der Waals surface area contributed by atoms with Gasteiger partial charge >= 0.3 is 5.97 Å². The molecule has 0 spiro atoms. The zero-order valence-electron chi connectivity index (χ0n) is 7.38. The van der Waals surface area contributed by atoms with Gasteiger partial charge in [0.05, 0.1) is 10.8 Å². The summed E-state index contributed by atoms with van der Waals surface area (Å²) >= 11 is 0. The van der Waals surface area contributed by atoms with E-state index >= 15 is 0 Å². The normalized spacial score (nSPS) is 26.5. The summed E-state index contributed by atoms with van der Waals surface area (Å²) in [5.74, 6) is -1.08. The lowest BCUT2D eigenvalue weighted by atomic mass is 9.89. The molecule has 0 aromatic carbocycles. The second-order valence-corrected chi connectivity index (χ2v) is 4.41. The Morgan fingerprint density at radius 2 is 1.62 bits per heavy atom. The first-order chi connectivity index (χ1) is 6.01. The van der Waals surface area contributed by atoms with Crippen LogP contribution >= 0.6 is 0 Å². The molecule has 0 heterocycles. The van der Waals surface area contributed by atoms with Gasteiger partial charge in [-0.3, -0.25) is 9.59 Å². The molecule has 2 saturated carbocycles. The SMILES string of the molecule is NC(=O)C1(CC2(C(=O)O)CC2)CC1. The van der Waals surface area contributed by atoms with Crippen molar-refractivity contribution < 1.29 is 14.7 Å². The number of carboxylic acids is 1. The standard InChI is InChI=1S/C9H13NO3/c10-6(11)8(1-2-8)5-9(3-4-9)7(12)13/h1-5H2,(H2,10,11)(H,12,13). The van der Waals surface area contributed by atoms with Crippen LogP contribution in [0.2, 0.25) is 0 Å². The fourth-order valence-electron chi connectivity index (χ4n) is 1.93. The van der Waals surface area contributed by atoms with Crippen LogP contribution in [0.5, 0.6) is 0 Å². The topological polar surface area (TPSA) is 80.4 Å². The zero-order chi connectivity index (χ0) is 9.69. The third-order valence-corrected chi connectivity index (χ3v) is 3.36. The molecule has 4 nitrogen and oxygen atoms in total. The van der Waals surface area contributed by atoms with Crippen LogP contribution in [-0.4, -0.2) is 17.0 Å². The van der Waals surface area contributed by atoms with E-state index in [0.29, 0.717) is 19.3 Å². The fourth-order valence-corrected chi connectivity index (χ4v) is 1.93. The number of hydrogen-bond acceptors (Lipinski definition) is 2. The van der Waals surface area contributed by atoms with Crippen molar-refractivity contribution in [3.05, 3.63) is 0 Å². The second kappa shape index (κ2) is 2.25. The first kappa shape index (κ1) is 8.53. The third-order valence-electron chi connectivity index (χ3n) is 3.36. The molecule has 0 atom stereocenters. The molecular weight excluding hydrogens is 170 g/mol. The smallest absolute Gasteiger partial charge is 0.309 e. The second-order valence-electron chi connectivity index (χ2n) is 4.41. The highest BCUT2D eigenvalue weighted by atomic mass is 16.4. The minimum atomic E-state index is -0.764. The number of hydrogen-bond donors (Lipinski definition) is 2. The van der Waals surface area contributed by atoms with Crippen LogP contribution in [-0.2, 0) is 9.59 Å². The number of rotatable bonds is 4. The number of primary amides is 1. The number of aliphatic carboxylic acids is 1. The lowest BCUT2D eigenvalue weighted by Gasteiger charge is -2.15. The Morgan fingerprint density at radius 3 is 1.85 bits per heavy atom. The van der Waals surface area contributed by atoms with Gasteiger partial charge in [-0.05, 0) is 32.1 Å². The lowest BCUT2D eigenvalue weighted by molar-refractivity contribution is -0.144. The molecule has 13 heavy (non-hydrogen) atoms. The van der Waals surface area contributed by atoms with Crippen molar-refractivity contribution in [2.75, 3.05) is 0 Å². The molecule has 0 aromatic rings. The van der Waals surface area contributed by atoms with E-state index in [-0.39, 0.29) is 5.91 Å². The van der Waals surface area contributed by atoms with Crippen LogP contribution in [0.15, 0.2) is 0 Å². The zero-order valence-corrected chi connectivity index (χ0v) is 7.38. The van der Waals surface area contributed by atoms with Crippen molar-refractivity contribution in [2.45, 2.75) is 32.1 Å². The van der Waals surface area contributed by atoms with Crippen LogP contribution in [0.4, 0.5) is 0 Å². The maximum Gasteiger partial charge on any atom is 0.309 e. The van der Waals surface area contributed by atoms with Gasteiger partial charge in [0.25, 0.3) is 0 Å². The summed E-state index contributed by atoms with van der Waals surface area (Å²) in [6.45, 7) is 0. The molecule has 0 saturated heterocycles. The molecule has 2 rings (SSSR count). The Morgan fingerprint density at radius 1 is 1.15 bits per heavy atom. The highest BCUT2D eigenvalue weighted by Gasteiger charge is 2.60. The largest absolute Gasteiger partial charge is 0.481 e. The van der Waals surface area contributed by atoms with Crippen molar-refractivity contribution >= 4 is 11.9 Å². The molecule has 4 heteroatoms. The fraction of sp³-hybridized carbons (Fsp3) is 0.778. The minimum Gasteiger partial charge on any atom is -0.481 e. The van der Waals surface area contributed by atoms with E-state index in [1.54, 1.807) is 0 Å². The van der Waals surface area contributed by atoms with Gasteiger partial charge in [-0.1, -0.05) is 0 Å². The van der Waals surface area contributed by atoms with E-state index in [9.17, 15) is 9.59 Å². The lowest BCUT2D eigenvalue weighted by Crippen LogP contribution is -2.30. The van der Waals surface area contributed by atoms with Gasteiger partial charge in [-0.2, -0.15) is 0 Å². The van der Waals surface area contributed by atoms with Crippen LogP contribution in [0.3, 0.4) is 0 Å². The summed E-state index contributed by atoms with van der Waals surface area (Å²) in [4.78, 5) is 21.9. The summed E-state index contributed by atoms with van der Waals surface area (Å²) in [5, 5.41) is 8.92. The van der Waals surface area contributed by atoms with E-state index < -0.39 is 16.8 Å². The summed E-state index contributed by atoms with van der Waals surface area (Å²) in [7, 11) is 0. The molecule has 0 aliphatic heterocycles. The molecule has 0 unspecified atom stereocenters. The molecule has 0 bridgehead atoms. The molecule has 2 aliphatic rings. The minimum absolute atomic E-state index is 0.319. The van der Waals surface area contributed by atoms with Gasteiger partial charge in [0.15, 0.2) is 0 Å². The Labute approximate surface area is 76.1 Å². The van der Waals surface area contributed by atoms with E-state index in [0.717, 1.165) is 12.8 Å². The Bertz CT molecular complexity index is 249. The van der Waals surface area contributed by atoms with Gasteiger partial charge in [0.2, 0.25) is 5.91 Å². The summed E-state index contributed by atoms with van der Waals surface area (Å²) in [6, 6.07) is 0. The Balaban J connectivity index is 2.06. The van der Waals surface area contributed by atoms with Crippen molar-refractivity contribution in [1.29, 1.82) is 0 Å². The van der Waals surface area contributed by atoms with E-state index in [1.807, 2.05) is 0 Å². The Kier molecular flexibility index (Phi) is 1.47. The Hall–Kier alpha value is -1.06. The highest BCUT2D eigenvalue weighted by Crippen LogP contribution is 2.61. The molecule has 3 N–H and O–H groups in total. The number of amides is 1. The first-order valence-corrected chi connectivity index (χ1v) is 4.54. The van der Waals surface area contributed by atoms with Crippen LogP contribution in [0.25, 0.3) is 0 Å². The van der Waals surface area contributed by atoms with Gasteiger partial charge in [-0.25, -0.2) is 0 Å². The first-order valence-electron chi connectivity index (χ1n) is 4.54. The number of carboxylic acid groups (broad SMARTS) is 1. The molecule has 2 fully saturated rings. The van der Waals surface area contributed by atoms with Gasteiger partial charge in [-0.15, -0.1) is 0 Å². The van der Waals surface area contributed by atoms with E-state index in [1.165, 1.54) is 0 Å². The van der Waals surface area contributed by atoms with Crippen LogP contribution < -0.4 is 5.73 Å². The molecule has 2 aliphatic carbocycles. The van der Waals surface area contributed by atoms with Gasteiger partial charge in [0, 0.05) is 0 Å². The van der Waals surface area contributed by atoms with Gasteiger partial charge in [0.1, 0.15) is 0 Å². The summed E-state index contributed by atoms with van der Waals surface area (Å²) in [6.07, 6.45) is 3.42. The predicted octanol–water partition coefficient (Wildman–Crippen LogP) is 0.507. The molecule has 72 valence electrons. The highest BCUT2D eigenvalue weighted by molar-refractivity contribution is 5.86. The number of carbonyl (C=O) groups excluding carboxylic acids is 1. The maximum atomic E-state index is 11.0. The monoisotopic (exact) mass is 183 g/mol. The summed E-state index contributed by atoms with van der Waals surface area (Å²) in [5.41, 5.74) is 4.17. The summed E-state index contributed by atoms with van der Waals surface area (Å²) < 4.78 is 0. The third kappa shape index (κ3) is 1.20. The molecule has 0 radical (unpaired) electrons. The molecular formula is C9H13NO3. The number of nitrogens with two attached hydrogens (primary N) is 1. The quantitative estimate of drug-likeness (QED) is 0.666. The average molecular weight is 183 g/mol. The van der Waals surface area contributed by atoms with Crippen molar-refractivity contribution in [2.24, 2.45) is 16.6 Å². The molecule has 1 amide bonds. The van der Waals surface area contributed by atoms with E-state index in [4.69, 9.17) is 10.8 Å².